The zero-order chi connectivity index (χ0) is 13.6. The molecule has 0 saturated carbocycles. The standard InChI is InChI=1S/C14H20N2O2/c1-14(2,10-17)9-16-13(18)7-6-11-4-3-5-12(15)8-11/h3-8,17H,9-10,15H2,1-2H3,(H,16,18)/b7-6+. The maximum Gasteiger partial charge on any atom is 0.244 e. The van der Waals surface area contributed by atoms with E-state index in [0.29, 0.717) is 12.2 Å². The Bertz CT molecular complexity index is 439. The van der Waals surface area contributed by atoms with Gasteiger partial charge in [0.25, 0.3) is 0 Å². The molecule has 0 radical (unpaired) electrons. The van der Waals surface area contributed by atoms with Crippen molar-refractivity contribution in [3.8, 4) is 0 Å². The number of amides is 1. The first-order valence-electron chi connectivity index (χ1n) is 5.85. The van der Waals surface area contributed by atoms with E-state index in [1.165, 1.54) is 6.08 Å². The minimum absolute atomic E-state index is 0.0339. The van der Waals surface area contributed by atoms with Gasteiger partial charge in [-0.15, -0.1) is 0 Å². The Morgan fingerprint density at radius 1 is 1.50 bits per heavy atom. The number of aliphatic hydroxyl groups excluding tert-OH is 1. The molecule has 0 heterocycles. The molecule has 0 unspecified atom stereocenters. The van der Waals surface area contributed by atoms with E-state index in [1.807, 2.05) is 26.0 Å². The highest BCUT2D eigenvalue weighted by molar-refractivity contribution is 5.91. The zero-order valence-corrected chi connectivity index (χ0v) is 10.8. The molecular formula is C14H20N2O2. The fourth-order valence-electron chi connectivity index (χ4n) is 1.28. The molecule has 4 nitrogen and oxygen atoms in total. The topological polar surface area (TPSA) is 75.3 Å². The second-order valence-corrected chi connectivity index (χ2v) is 5.04. The summed E-state index contributed by atoms with van der Waals surface area (Å²) in [6, 6.07) is 7.29. The van der Waals surface area contributed by atoms with Crippen LogP contribution in [0.2, 0.25) is 0 Å². The Morgan fingerprint density at radius 2 is 2.22 bits per heavy atom. The van der Waals surface area contributed by atoms with Crippen molar-refractivity contribution in [1.82, 2.24) is 5.32 Å². The number of hydrogen-bond acceptors (Lipinski definition) is 3. The van der Waals surface area contributed by atoms with E-state index < -0.39 is 0 Å². The molecule has 0 spiro atoms. The highest BCUT2D eigenvalue weighted by Gasteiger charge is 2.16. The summed E-state index contributed by atoms with van der Waals surface area (Å²) in [5, 5.41) is 11.8. The Balaban J connectivity index is 2.50. The molecule has 0 bridgehead atoms. The van der Waals surface area contributed by atoms with Crippen LogP contribution < -0.4 is 11.1 Å². The summed E-state index contributed by atoms with van der Waals surface area (Å²) in [5.41, 5.74) is 6.88. The Hall–Kier alpha value is -1.81. The van der Waals surface area contributed by atoms with Crippen LogP contribution in [0.25, 0.3) is 6.08 Å². The summed E-state index contributed by atoms with van der Waals surface area (Å²) >= 11 is 0. The first-order chi connectivity index (χ1) is 8.43. The number of nitrogens with one attached hydrogen (secondary N) is 1. The van der Waals surface area contributed by atoms with Crippen molar-refractivity contribution in [1.29, 1.82) is 0 Å². The van der Waals surface area contributed by atoms with Crippen LogP contribution in [0.15, 0.2) is 30.3 Å². The quantitative estimate of drug-likeness (QED) is 0.545. The Morgan fingerprint density at radius 3 is 2.83 bits per heavy atom. The molecule has 0 aromatic heterocycles. The van der Waals surface area contributed by atoms with Gasteiger partial charge in [0.1, 0.15) is 0 Å². The number of carbonyl (C=O) groups is 1. The van der Waals surface area contributed by atoms with E-state index in [2.05, 4.69) is 5.32 Å². The second-order valence-electron chi connectivity index (χ2n) is 5.04. The van der Waals surface area contributed by atoms with Crippen LogP contribution in [0.3, 0.4) is 0 Å². The first kappa shape index (κ1) is 14.3. The number of carbonyl (C=O) groups excluding carboxylic acids is 1. The van der Waals surface area contributed by atoms with Crippen molar-refractivity contribution in [3.05, 3.63) is 35.9 Å². The number of hydrogen-bond donors (Lipinski definition) is 3. The first-order valence-corrected chi connectivity index (χ1v) is 5.85. The summed E-state index contributed by atoms with van der Waals surface area (Å²) < 4.78 is 0. The Labute approximate surface area is 108 Å². The van der Waals surface area contributed by atoms with Crippen molar-refractivity contribution in [3.63, 3.8) is 0 Å². The molecule has 1 aromatic rings. The van der Waals surface area contributed by atoms with Gasteiger partial charge in [-0.05, 0) is 23.8 Å². The van der Waals surface area contributed by atoms with Crippen molar-refractivity contribution >= 4 is 17.7 Å². The van der Waals surface area contributed by atoms with Crippen molar-refractivity contribution in [2.24, 2.45) is 5.41 Å². The van der Waals surface area contributed by atoms with Crippen LogP contribution in [-0.4, -0.2) is 24.2 Å². The van der Waals surface area contributed by atoms with Gasteiger partial charge in [0, 0.05) is 30.3 Å². The SMILES string of the molecule is CC(C)(CO)CNC(=O)/C=C/c1cccc(N)c1. The monoisotopic (exact) mass is 248 g/mol. The average Bonchev–Trinajstić information content (AvgIpc) is 2.34. The molecule has 0 saturated heterocycles. The zero-order valence-electron chi connectivity index (χ0n) is 10.8. The smallest absolute Gasteiger partial charge is 0.244 e. The van der Waals surface area contributed by atoms with Crippen LogP contribution >= 0.6 is 0 Å². The lowest BCUT2D eigenvalue weighted by Gasteiger charge is -2.21. The maximum atomic E-state index is 11.6. The van der Waals surface area contributed by atoms with Gasteiger partial charge < -0.3 is 16.2 Å². The molecular weight excluding hydrogens is 228 g/mol. The summed E-state index contributed by atoms with van der Waals surface area (Å²) in [4.78, 5) is 11.6. The van der Waals surface area contributed by atoms with E-state index in [0.717, 1.165) is 5.56 Å². The lowest BCUT2D eigenvalue weighted by atomic mass is 9.95. The van der Waals surface area contributed by atoms with Gasteiger partial charge in [-0.2, -0.15) is 0 Å². The molecule has 0 aliphatic heterocycles. The highest BCUT2D eigenvalue weighted by atomic mass is 16.3. The molecule has 0 atom stereocenters. The van der Waals surface area contributed by atoms with Gasteiger partial charge in [0.05, 0.1) is 0 Å². The molecule has 0 aliphatic rings. The third-order valence-electron chi connectivity index (χ3n) is 2.51. The third-order valence-corrected chi connectivity index (χ3v) is 2.51. The van der Waals surface area contributed by atoms with Crippen LogP contribution in [0.4, 0.5) is 5.69 Å². The molecule has 1 aromatic carbocycles. The molecule has 1 amide bonds. The average molecular weight is 248 g/mol. The van der Waals surface area contributed by atoms with E-state index in [-0.39, 0.29) is 17.9 Å². The number of aliphatic hydroxyl groups is 1. The predicted octanol–water partition coefficient (Wildman–Crippen LogP) is 1.42. The number of anilines is 1. The van der Waals surface area contributed by atoms with E-state index in [4.69, 9.17) is 10.8 Å². The summed E-state index contributed by atoms with van der Waals surface area (Å²) in [6.45, 7) is 4.24. The fraction of sp³-hybridized carbons (Fsp3) is 0.357. The van der Waals surface area contributed by atoms with Crippen LogP contribution in [0, 0.1) is 5.41 Å². The highest BCUT2D eigenvalue weighted by Crippen LogP contribution is 2.11. The number of nitrogen functional groups attached to an aromatic ring is 1. The fourth-order valence-corrected chi connectivity index (χ4v) is 1.28. The summed E-state index contributed by atoms with van der Waals surface area (Å²) in [7, 11) is 0. The normalized spacial score (nSPS) is 11.7. The van der Waals surface area contributed by atoms with Crippen LogP contribution in [0.5, 0.6) is 0 Å². The number of benzene rings is 1. The predicted molar refractivity (Wildman–Crippen MR) is 73.8 cm³/mol. The van der Waals surface area contributed by atoms with E-state index in [1.54, 1.807) is 18.2 Å². The molecule has 98 valence electrons. The maximum absolute atomic E-state index is 11.6. The number of nitrogens with two attached hydrogens (primary N) is 1. The molecule has 0 aliphatic carbocycles. The van der Waals surface area contributed by atoms with Gasteiger partial charge in [0.2, 0.25) is 5.91 Å². The van der Waals surface area contributed by atoms with Crippen LogP contribution in [-0.2, 0) is 4.79 Å². The molecule has 1 rings (SSSR count). The lowest BCUT2D eigenvalue weighted by Crippen LogP contribution is -2.35. The lowest BCUT2D eigenvalue weighted by molar-refractivity contribution is -0.116. The largest absolute Gasteiger partial charge is 0.399 e. The minimum Gasteiger partial charge on any atom is -0.399 e. The van der Waals surface area contributed by atoms with Gasteiger partial charge >= 0.3 is 0 Å². The van der Waals surface area contributed by atoms with Gasteiger partial charge in [-0.1, -0.05) is 26.0 Å². The van der Waals surface area contributed by atoms with Crippen molar-refractivity contribution < 1.29 is 9.90 Å². The van der Waals surface area contributed by atoms with Crippen molar-refractivity contribution in [2.45, 2.75) is 13.8 Å². The Kier molecular flexibility index (Phi) is 4.92. The third kappa shape index (κ3) is 5.01. The van der Waals surface area contributed by atoms with Crippen LogP contribution in [0.1, 0.15) is 19.4 Å². The van der Waals surface area contributed by atoms with Crippen molar-refractivity contribution in [2.75, 3.05) is 18.9 Å². The summed E-state index contributed by atoms with van der Waals surface area (Å²) in [6.07, 6.45) is 3.17. The summed E-state index contributed by atoms with van der Waals surface area (Å²) in [5.74, 6) is -0.182. The van der Waals surface area contributed by atoms with E-state index in [9.17, 15) is 4.79 Å². The minimum atomic E-state index is -0.305. The van der Waals surface area contributed by atoms with E-state index >= 15 is 0 Å². The second kappa shape index (κ2) is 6.21. The molecule has 4 heteroatoms. The van der Waals surface area contributed by atoms with Gasteiger partial charge in [-0.25, -0.2) is 0 Å². The molecule has 18 heavy (non-hydrogen) atoms. The number of rotatable bonds is 5. The van der Waals surface area contributed by atoms with Gasteiger partial charge in [-0.3, -0.25) is 4.79 Å². The molecule has 0 fully saturated rings. The molecule has 4 N–H and O–H groups in total. The van der Waals surface area contributed by atoms with Gasteiger partial charge in [0.15, 0.2) is 0 Å².